The summed E-state index contributed by atoms with van der Waals surface area (Å²) in [6, 6.07) is 8.28. The number of anilines is 1. The maximum Gasteiger partial charge on any atom is 0.236 e. The fourth-order valence-corrected chi connectivity index (χ4v) is 2.55. The predicted molar refractivity (Wildman–Crippen MR) is 70.1 cm³/mol. The van der Waals surface area contributed by atoms with E-state index >= 15 is 0 Å². The molecule has 0 saturated heterocycles. The molecule has 0 aliphatic carbocycles. The molecule has 16 heavy (non-hydrogen) atoms. The van der Waals surface area contributed by atoms with E-state index < -0.39 is 0 Å². The van der Waals surface area contributed by atoms with Gasteiger partial charge in [-0.25, -0.2) is 0 Å². The Bertz CT molecular complexity index is 378. The van der Waals surface area contributed by atoms with Crippen LogP contribution in [0, 0.1) is 0 Å². The van der Waals surface area contributed by atoms with E-state index in [1.54, 1.807) is 11.8 Å². The van der Waals surface area contributed by atoms with Crippen LogP contribution in [0.25, 0.3) is 0 Å². The van der Waals surface area contributed by atoms with Crippen molar-refractivity contribution in [2.75, 3.05) is 23.5 Å². The third-order valence-electron chi connectivity index (χ3n) is 2.93. The number of para-hydroxylation sites is 1. The lowest BCUT2D eigenvalue weighted by atomic mass is 10.1. The van der Waals surface area contributed by atoms with Crippen molar-refractivity contribution >= 4 is 23.4 Å². The molecule has 2 nitrogen and oxygen atoms in total. The molecule has 0 aromatic heterocycles. The standard InChI is InChI=1S/C13H17NOS/c1-16-10-13(15)14-9-5-4-7-11-6-2-3-8-12(11)14/h2-3,6,8H,4-5,7,9-10H2,1H3. The van der Waals surface area contributed by atoms with Crippen LogP contribution >= 0.6 is 11.8 Å². The van der Waals surface area contributed by atoms with Crippen LogP contribution < -0.4 is 4.90 Å². The third kappa shape index (κ3) is 2.40. The van der Waals surface area contributed by atoms with Gasteiger partial charge in [-0.15, -0.1) is 0 Å². The number of carbonyl (C=O) groups is 1. The second kappa shape index (κ2) is 5.39. The molecule has 2 rings (SSSR count). The Morgan fingerprint density at radius 1 is 1.38 bits per heavy atom. The molecule has 86 valence electrons. The number of hydrogen-bond acceptors (Lipinski definition) is 2. The van der Waals surface area contributed by atoms with Crippen molar-refractivity contribution in [2.24, 2.45) is 0 Å². The van der Waals surface area contributed by atoms with Gasteiger partial charge in [-0.05, 0) is 37.1 Å². The average Bonchev–Trinajstić information content (AvgIpc) is 2.51. The molecule has 0 bridgehead atoms. The van der Waals surface area contributed by atoms with Crippen LogP contribution in [0.15, 0.2) is 24.3 Å². The topological polar surface area (TPSA) is 20.3 Å². The number of thioether (sulfide) groups is 1. The van der Waals surface area contributed by atoms with Crippen LogP contribution in [-0.4, -0.2) is 24.5 Å². The van der Waals surface area contributed by atoms with Crippen LogP contribution in [0.4, 0.5) is 5.69 Å². The highest BCUT2D eigenvalue weighted by Gasteiger charge is 2.19. The van der Waals surface area contributed by atoms with Crippen molar-refractivity contribution in [3.63, 3.8) is 0 Å². The molecular weight excluding hydrogens is 218 g/mol. The number of benzene rings is 1. The molecule has 0 saturated carbocycles. The Labute approximate surface area is 101 Å². The van der Waals surface area contributed by atoms with Crippen molar-refractivity contribution in [1.82, 2.24) is 0 Å². The normalized spacial score (nSPS) is 15.4. The molecule has 1 aromatic rings. The first-order chi connectivity index (χ1) is 7.83. The number of hydrogen-bond donors (Lipinski definition) is 0. The van der Waals surface area contributed by atoms with Gasteiger partial charge in [0, 0.05) is 12.2 Å². The molecule has 1 heterocycles. The molecule has 1 aliphatic heterocycles. The molecule has 0 radical (unpaired) electrons. The largest absolute Gasteiger partial charge is 0.311 e. The van der Waals surface area contributed by atoms with E-state index in [1.165, 1.54) is 12.0 Å². The molecule has 0 N–H and O–H groups in total. The number of nitrogens with zero attached hydrogens (tertiary/aromatic N) is 1. The highest BCUT2D eigenvalue weighted by atomic mass is 32.2. The van der Waals surface area contributed by atoms with Gasteiger partial charge in [0.2, 0.25) is 5.91 Å². The van der Waals surface area contributed by atoms with E-state index in [2.05, 4.69) is 18.2 Å². The smallest absolute Gasteiger partial charge is 0.236 e. The Hall–Kier alpha value is -0.960. The lowest BCUT2D eigenvalue weighted by molar-refractivity contribution is -0.116. The van der Waals surface area contributed by atoms with Crippen molar-refractivity contribution in [3.05, 3.63) is 29.8 Å². The quantitative estimate of drug-likeness (QED) is 0.785. The van der Waals surface area contributed by atoms with Crippen LogP contribution in [-0.2, 0) is 11.2 Å². The van der Waals surface area contributed by atoms with E-state index in [-0.39, 0.29) is 5.91 Å². The lowest BCUT2D eigenvalue weighted by Gasteiger charge is -2.22. The Morgan fingerprint density at radius 3 is 3.00 bits per heavy atom. The Balaban J connectivity index is 2.28. The van der Waals surface area contributed by atoms with Gasteiger partial charge < -0.3 is 4.90 Å². The number of aryl methyl sites for hydroxylation is 1. The summed E-state index contributed by atoms with van der Waals surface area (Å²) in [6.45, 7) is 0.871. The molecule has 0 spiro atoms. The first kappa shape index (κ1) is 11.5. The van der Waals surface area contributed by atoms with Gasteiger partial charge in [-0.2, -0.15) is 11.8 Å². The zero-order valence-electron chi connectivity index (χ0n) is 9.61. The van der Waals surface area contributed by atoms with Crippen LogP contribution in [0.3, 0.4) is 0 Å². The lowest BCUT2D eigenvalue weighted by Crippen LogP contribution is -2.33. The minimum Gasteiger partial charge on any atom is -0.311 e. The molecule has 1 aliphatic rings. The Morgan fingerprint density at radius 2 is 2.19 bits per heavy atom. The summed E-state index contributed by atoms with van der Waals surface area (Å²) < 4.78 is 0. The minimum atomic E-state index is 0.238. The zero-order valence-corrected chi connectivity index (χ0v) is 10.4. The van der Waals surface area contributed by atoms with E-state index in [9.17, 15) is 4.79 Å². The molecule has 0 unspecified atom stereocenters. The van der Waals surface area contributed by atoms with E-state index in [0.717, 1.165) is 25.1 Å². The molecule has 0 fully saturated rings. The maximum absolute atomic E-state index is 12.0. The maximum atomic E-state index is 12.0. The summed E-state index contributed by atoms with van der Waals surface area (Å²) in [5.41, 5.74) is 2.44. The summed E-state index contributed by atoms with van der Waals surface area (Å²) >= 11 is 1.59. The van der Waals surface area contributed by atoms with Gasteiger partial charge >= 0.3 is 0 Å². The van der Waals surface area contributed by atoms with E-state index in [1.807, 2.05) is 17.2 Å². The van der Waals surface area contributed by atoms with Crippen molar-refractivity contribution in [1.29, 1.82) is 0 Å². The first-order valence-corrected chi connectivity index (χ1v) is 7.09. The van der Waals surface area contributed by atoms with Gasteiger partial charge in [0.05, 0.1) is 5.75 Å². The molecule has 1 amide bonds. The Kier molecular flexibility index (Phi) is 3.88. The number of fused-ring (bicyclic) bond motifs is 1. The first-order valence-electron chi connectivity index (χ1n) is 5.70. The van der Waals surface area contributed by atoms with E-state index in [0.29, 0.717) is 5.75 Å². The fourth-order valence-electron chi connectivity index (χ4n) is 2.15. The van der Waals surface area contributed by atoms with E-state index in [4.69, 9.17) is 0 Å². The van der Waals surface area contributed by atoms with Crippen LogP contribution in [0.1, 0.15) is 18.4 Å². The van der Waals surface area contributed by atoms with Gasteiger partial charge in [0.1, 0.15) is 0 Å². The van der Waals surface area contributed by atoms with Crippen LogP contribution in [0.2, 0.25) is 0 Å². The molecule has 1 aromatic carbocycles. The highest BCUT2D eigenvalue weighted by Crippen LogP contribution is 2.26. The number of rotatable bonds is 2. The fraction of sp³-hybridized carbons (Fsp3) is 0.462. The summed E-state index contributed by atoms with van der Waals surface area (Å²) in [4.78, 5) is 14.0. The number of carbonyl (C=O) groups excluding carboxylic acids is 1. The highest BCUT2D eigenvalue weighted by molar-refractivity contribution is 7.99. The van der Waals surface area contributed by atoms with Crippen LogP contribution in [0.5, 0.6) is 0 Å². The van der Waals surface area contributed by atoms with Crippen molar-refractivity contribution in [2.45, 2.75) is 19.3 Å². The monoisotopic (exact) mass is 235 g/mol. The van der Waals surface area contributed by atoms with Crippen molar-refractivity contribution in [3.8, 4) is 0 Å². The second-order valence-electron chi connectivity index (χ2n) is 4.06. The average molecular weight is 235 g/mol. The van der Waals surface area contributed by atoms with Gasteiger partial charge in [-0.1, -0.05) is 18.2 Å². The minimum absolute atomic E-state index is 0.238. The molecular formula is C13H17NOS. The predicted octanol–water partition coefficient (Wildman–Crippen LogP) is 2.72. The summed E-state index contributed by atoms with van der Waals surface area (Å²) in [5.74, 6) is 0.816. The summed E-state index contributed by atoms with van der Waals surface area (Å²) in [6.07, 6.45) is 5.36. The van der Waals surface area contributed by atoms with Crippen molar-refractivity contribution < 1.29 is 4.79 Å². The van der Waals surface area contributed by atoms with Gasteiger partial charge in [0.15, 0.2) is 0 Å². The summed E-state index contributed by atoms with van der Waals surface area (Å²) in [7, 11) is 0. The SMILES string of the molecule is CSCC(=O)N1CCCCc2ccccc21. The number of amides is 1. The summed E-state index contributed by atoms with van der Waals surface area (Å²) in [5, 5.41) is 0. The second-order valence-corrected chi connectivity index (χ2v) is 4.93. The van der Waals surface area contributed by atoms with Gasteiger partial charge in [-0.3, -0.25) is 4.79 Å². The third-order valence-corrected chi connectivity index (χ3v) is 3.46. The zero-order chi connectivity index (χ0) is 11.4. The van der Waals surface area contributed by atoms with Gasteiger partial charge in [0.25, 0.3) is 0 Å². The molecule has 3 heteroatoms. The molecule has 0 atom stereocenters.